The third-order valence-electron chi connectivity index (χ3n) is 6.10. The normalized spacial score (nSPS) is 13.6. The van der Waals surface area contributed by atoms with E-state index in [1.165, 1.54) is 0 Å². The van der Waals surface area contributed by atoms with Crippen molar-refractivity contribution >= 4 is 11.9 Å². The Morgan fingerprint density at radius 1 is 0.838 bits per heavy atom. The minimum absolute atomic E-state index is 0.0550. The number of hydrogen-bond donors (Lipinski definition) is 2. The Morgan fingerprint density at radius 3 is 1.78 bits per heavy atom. The molecular weight excluding hydrogens is 468 g/mol. The lowest BCUT2D eigenvalue weighted by Gasteiger charge is -2.37. The molecule has 3 aromatic carbocycles. The minimum atomic E-state index is -2.11. The van der Waals surface area contributed by atoms with E-state index in [0.29, 0.717) is 16.7 Å². The van der Waals surface area contributed by atoms with Gasteiger partial charge in [0.2, 0.25) is 0 Å². The summed E-state index contributed by atoms with van der Waals surface area (Å²) in [5.74, 6) is -1.75. The fraction of sp³-hybridized carbons (Fsp3) is 0.290. The summed E-state index contributed by atoms with van der Waals surface area (Å²) in [6.45, 7) is 5.34. The molecule has 0 amide bonds. The first-order chi connectivity index (χ1) is 17.7. The second kappa shape index (κ2) is 12.5. The summed E-state index contributed by atoms with van der Waals surface area (Å²) >= 11 is 0. The van der Waals surface area contributed by atoms with Gasteiger partial charge in [0.1, 0.15) is 0 Å². The van der Waals surface area contributed by atoms with Crippen molar-refractivity contribution in [2.24, 2.45) is 0 Å². The van der Waals surface area contributed by atoms with Crippen molar-refractivity contribution in [3.8, 4) is 0 Å². The molecule has 0 saturated heterocycles. The second-order valence-corrected chi connectivity index (χ2v) is 9.19. The summed E-state index contributed by atoms with van der Waals surface area (Å²) in [6, 6.07) is 26.8. The fourth-order valence-corrected chi connectivity index (χ4v) is 4.15. The van der Waals surface area contributed by atoms with Crippen LogP contribution in [0.5, 0.6) is 0 Å². The van der Waals surface area contributed by atoms with Crippen molar-refractivity contribution < 1.29 is 29.3 Å². The van der Waals surface area contributed by atoms with Crippen LogP contribution in [0.25, 0.3) is 0 Å². The number of carbonyl (C=O) groups is 2. The maximum Gasteiger partial charge on any atom is 0.339 e. The summed E-state index contributed by atoms with van der Waals surface area (Å²) in [6.07, 6.45) is -0.260. The van der Waals surface area contributed by atoms with Crippen LogP contribution in [0.15, 0.2) is 103 Å². The lowest BCUT2D eigenvalue weighted by atomic mass is 9.79. The largest absolute Gasteiger partial charge is 0.464 e. The van der Waals surface area contributed by atoms with Gasteiger partial charge in [0.05, 0.1) is 13.0 Å². The zero-order valence-electron chi connectivity index (χ0n) is 21.5. The SMILES string of the molecule is CCOC(=O)C(O)(CC=C(C)C)CC(=O)O[C@H](c1ccccc1)C(O)(c1ccccc1)c1ccccc1. The molecule has 6 nitrogen and oxygen atoms in total. The maximum absolute atomic E-state index is 13.4. The highest BCUT2D eigenvalue weighted by atomic mass is 16.6. The smallest absolute Gasteiger partial charge is 0.339 e. The van der Waals surface area contributed by atoms with E-state index >= 15 is 0 Å². The average Bonchev–Trinajstić information content (AvgIpc) is 2.92. The van der Waals surface area contributed by atoms with Crippen molar-refractivity contribution in [2.75, 3.05) is 6.61 Å². The molecule has 0 radical (unpaired) electrons. The Balaban J connectivity index is 2.06. The molecular formula is C31H34O6. The Kier molecular flexibility index (Phi) is 9.39. The maximum atomic E-state index is 13.4. The Labute approximate surface area is 218 Å². The molecule has 0 aromatic heterocycles. The number of benzene rings is 3. The molecule has 0 aliphatic carbocycles. The molecule has 2 N–H and O–H groups in total. The van der Waals surface area contributed by atoms with E-state index in [1.807, 2.05) is 32.0 Å². The lowest BCUT2D eigenvalue weighted by molar-refractivity contribution is -0.179. The van der Waals surface area contributed by atoms with E-state index in [1.54, 1.807) is 85.8 Å². The van der Waals surface area contributed by atoms with Crippen molar-refractivity contribution in [2.45, 2.75) is 50.9 Å². The van der Waals surface area contributed by atoms with Gasteiger partial charge in [-0.3, -0.25) is 4.79 Å². The number of aliphatic hydroxyl groups is 2. The van der Waals surface area contributed by atoms with Crippen LogP contribution in [0.4, 0.5) is 0 Å². The fourth-order valence-electron chi connectivity index (χ4n) is 4.15. The molecule has 0 heterocycles. The van der Waals surface area contributed by atoms with Gasteiger partial charge in [-0.15, -0.1) is 0 Å². The molecule has 0 aliphatic heterocycles. The van der Waals surface area contributed by atoms with E-state index in [4.69, 9.17) is 9.47 Å². The van der Waals surface area contributed by atoms with Crippen LogP contribution in [0.2, 0.25) is 0 Å². The van der Waals surface area contributed by atoms with E-state index in [-0.39, 0.29) is 13.0 Å². The summed E-state index contributed by atoms with van der Waals surface area (Å²) in [4.78, 5) is 26.0. The standard InChI is InChI=1S/C31H34O6/c1-4-36-29(33)30(34,21-20-23(2)3)22-27(32)37-28(24-14-8-5-9-15-24)31(35,25-16-10-6-11-17-25)26-18-12-7-13-19-26/h5-20,28,34-35H,4,21-22H2,1-3H3/t28-,30?/m1/s1. The van der Waals surface area contributed by atoms with Crippen molar-refractivity contribution in [3.05, 3.63) is 119 Å². The van der Waals surface area contributed by atoms with Crippen LogP contribution in [0, 0.1) is 0 Å². The summed E-state index contributed by atoms with van der Waals surface area (Å²) in [5, 5.41) is 23.5. The predicted molar refractivity (Wildman–Crippen MR) is 141 cm³/mol. The van der Waals surface area contributed by atoms with E-state index in [9.17, 15) is 19.8 Å². The van der Waals surface area contributed by atoms with Gasteiger partial charge in [-0.2, -0.15) is 0 Å². The van der Waals surface area contributed by atoms with Gasteiger partial charge in [-0.1, -0.05) is 103 Å². The van der Waals surface area contributed by atoms with Crippen LogP contribution in [-0.2, 0) is 24.7 Å². The molecule has 2 atom stereocenters. The Hall–Kier alpha value is -3.74. The molecule has 0 spiro atoms. The molecule has 6 heteroatoms. The van der Waals surface area contributed by atoms with Crippen LogP contribution in [0.1, 0.15) is 56.4 Å². The van der Waals surface area contributed by atoms with Crippen molar-refractivity contribution in [1.29, 1.82) is 0 Å². The van der Waals surface area contributed by atoms with E-state index < -0.39 is 35.7 Å². The van der Waals surface area contributed by atoms with E-state index in [0.717, 1.165) is 5.57 Å². The summed E-state index contributed by atoms with van der Waals surface area (Å²) < 4.78 is 11.0. The summed E-state index contributed by atoms with van der Waals surface area (Å²) in [5.41, 5.74) is -1.40. The molecule has 0 saturated carbocycles. The van der Waals surface area contributed by atoms with Gasteiger partial charge < -0.3 is 19.7 Å². The van der Waals surface area contributed by atoms with Gasteiger partial charge in [-0.05, 0) is 37.5 Å². The lowest BCUT2D eigenvalue weighted by Crippen LogP contribution is -2.44. The number of carbonyl (C=O) groups excluding carboxylic acids is 2. The molecule has 194 valence electrons. The number of rotatable bonds is 11. The number of esters is 2. The highest BCUT2D eigenvalue weighted by Crippen LogP contribution is 2.43. The van der Waals surface area contributed by atoms with Crippen LogP contribution in [0.3, 0.4) is 0 Å². The van der Waals surface area contributed by atoms with Gasteiger partial charge in [0, 0.05) is 6.42 Å². The molecule has 3 rings (SSSR count). The third kappa shape index (κ3) is 6.73. The molecule has 0 aliphatic rings. The first-order valence-corrected chi connectivity index (χ1v) is 12.3. The van der Waals surface area contributed by atoms with Gasteiger partial charge in [-0.25, -0.2) is 4.79 Å². The second-order valence-electron chi connectivity index (χ2n) is 9.19. The number of ether oxygens (including phenoxy) is 2. The molecule has 0 bridgehead atoms. The number of hydrogen-bond acceptors (Lipinski definition) is 6. The van der Waals surface area contributed by atoms with Crippen molar-refractivity contribution in [1.82, 2.24) is 0 Å². The molecule has 37 heavy (non-hydrogen) atoms. The van der Waals surface area contributed by atoms with Gasteiger partial charge in [0.25, 0.3) is 0 Å². The monoisotopic (exact) mass is 502 g/mol. The van der Waals surface area contributed by atoms with Gasteiger partial charge in [0.15, 0.2) is 17.3 Å². The van der Waals surface area contributed by atoms with Crippen LogP contribution in [-0.4, -0.2) is 34.4 Å². The number of allylic oxidation sites excluding steroid dienone is 1. The first-order valence-electron chi connectivity index (χ1n) is 12.3. The zero-order chi connectivity index (χ0) is 26.9. The first kappa shape index (κ1) is 27.8. The van der Waals surface area contributed by atoms with Crippen LogP contribution < -0.4 is 0 Å². The topological polar surface area (TPSA) is 93.1 Å². The summed E-state index contributed by atoms with van der Waals surface area (Å²) in [7, 11) is 0. The van der Waals surface area contributed by atoms with Crippen molar-refractivity contribution in [3.63, 3.8) is 0 Å². The predicted octanol–water partition coefficient (Wildman–Crippen LogP) is 5.25. The van der Waals surface area contributed by atoms with Gasteiger partial charge >= 0.3 is 11.9 Å². The minimum Gasteiger partial charge on any atom is -0.464 e. The average molecular weight is 503 g/mol. The molecule has 1 unspecified atom stereocenters. The van der Waals surface area contributed by atoms with Crippen LogP contribution >= 0.6 is 0 Å². The highest BCUT2D eigenvalue weighted by Gasteiger charge is 2.46. The molecule has 0 fully saturated rings. The Bertz CT molecular complexity index is 1150. The zero-order valence-corrected chi connectivity index (χ0v) is 21.5. The Morgan fingerprint density at radius 2 is 1.32 bits per heavy atom. The molecule has 3 aromatic rings. The van der Waals surface area contributed by atoms with E-state index in [2.05, 4.69) is 0 Å². The highest BCUT2D eigenvalue weighted by molar-refractivity contribution is 5.86. The quantitative estimate of drug-likeness (QED) is 0.275. The third-order valence-corrected chi connectivity index (χ3v) is 6.10.